The molecule has 0 aliphatic heterocycles. The van der Waals surface area contributed by atoms with Gasteiger partial charge in [-0.1, -0.05) is 30.4 Å². The Hall–Kier alpha value is -3.29. The lowest BCUT2D eigenvalue weighted by atomic mass is 9.54. The van der Waals surface area contributed by atoms with Crippen LogP contribution in [0.15, 0.2) is 36.4 Å². The van der Waals surface area contributed by atoms with Gasteiger partial charge in [0.2, 0.25) is 0 Å². The Bertz CT molecular complexity index is 828. The third-order valence-electron chi connectivity index (χ3n) is 4.20. The molecule has 1 aromatic carbocycles. The predicted molar refractivity (Wildman–Crippen MR) is 75.3 cm³/mol. The van der Waals surface area contributed by atoms with Crippen LogP contribution in [-0.2, 0) is 6.18 Å². The average molecular weight is 326 g/mol. The van der Waals surface area contributed by atoms with Gasteiger partial charge >= 0.3 is 6.18 Å². The topological polar surface area (TPSA) is 95.2 Å². The SMILES string of the molecule is N#CC1(C#N)CC=CC(c2cccc(C(F)(F)F)c2)C1(C#N)C#N. The molecule has 0 bridgehead atoms. The Labute approximate surface area is 136 Å². The lowest BCUT2D eigenvalue weighted by Crippen LogP contribution is -2.44. The van der Waals surface area contributed by atoms with Crippen molar-refractivity contribution in [2.75, 3.05) is 0 Å². The van der Waals surface area contributed by atoms with Crippen LogP contribution >= 0.6 is 0 Å². The summed E-state index contributed by atoms with van der Waals surface area (Å²) in [7, 11) is 0. The molecule has 0 saturated heterocycles. The summed E-state index contributed by atoms with van der Waals surface area (Å²) in [4.78, 5) is 0. The number of nitrogens with zero attached hydrogens (tertiary/aromatic N) is 4. The summed E-state index contributed by atoms with van der Waals surface area (Å²) in [5.74, 6) is -1.12. The van der Waals surface area contributed by atoms with Crippen LogP contribution in [0.3, 0.4) is 0 Å². The molecular weight excluding hydrogens is 317 g/mol. The summed E-state index contributed by atoms with van der Waals surface area (Å²) >= 11 is 0. The number of benzene rings is 1. The molecule has 0 saturated carbocycles. The molecule has 0 spiro atoms. The third kappa shape index (κ3) is 2.28. The van der Waals surface area contributed by atoms with E-state index in [9.17, 15) is 34.2 Å². The van der Waals surface area contributed by atoms with Crippen molar-refractivity contribution in [3.8, 4) is 24.3 Å². The van der Waals surface area contributed by atoms with Gasteiger partial charge in [-0.15, -0.1) is 0 Å². The summed E-state index contributed by atoms with van der Waals surface area (Å²) in [5.41, 5.74) is -4.93. The normalized spacial score (nSPS) is 20.9. The van der Waals surface area contributed by atoms with Gasteiger partial charge in [-0.3, -0.25) is 0 Å². The maximum absolute atomic E-state index is 12.9. The zero-order valence-corrected chi connectivity index (χ0v) is 12.2. The van der Waals surface area contributed by atoms with E-state index in [1.54, 1.807) is 24.3 Å². The lowest BCUT2D eigenvalue weighted by molar-refractivity contribution is -0.137. The molecule has 1 aliphatic rings. The highest BCUT2D eigenvalue weighted by molar-refractivity contribution is 5.47. The van der Waals surface area contributed by atoms with E-state index in [-0.39, 0.29) is 12.0 Å². The first-order valence-electron chi connectivity index (χ1n) is 6.79. The second kappa shape index (κ2) is 5.73. The second-order valence-corrected chi connectivity index (χ2v) is 5.39. The van der Waals surface area contributed by atoms with E-state index < -0.39 is 28.5 Å². The van der Waals surface area contributed by atoms with E-state index >= 15 is 0 Å². The predicted octanol–water partition coefficient (Wildman–Crippen LogP) is 3.82. The molecule has 0 fully saturated rings. The van der Waals surface area contributed by atoms with Gasteiger partial charge < -0.3 is 0 Å². The summed E-state index contributed by atoms with van der Waals surface area (Å²) in [6.07, 6.45) is -1.87. The van der Waals surface area contributed by atoms with Gasteiger partial charge in [0, 0.05) is 5.92 Å². The molecule has 1 unspecified atom stereocenters. The first-order valence-corrected chi connectivity index (χ1v) is 6.79. The van der Waals surface area contributed by atoms with Crippen molar-refractivity contribution in [3.63, 3.8) is 0 Å². The van der Waals surface area contributed by atoms with Gasteiger partial charge in [-0.25, -0.2) is 0 Å². The van der Waals surface area contributed by atoms with Crippen LogP contribution < -0.4 is 0 Å². The summed E-state index contributed by atoms with van der Waals surface area (Å²) in [6.45, 7) is 0. The molecule has 0 heterocycles. The quantitative estimate of drug-likeness (QED) is 0.733. The highest BCUT2D eigenvalue weighted by Gasteiger charge is 2.60. The minimum atomic E-state index is -4.59. The monoisotopic (exact) mass is 326 g/mol. The Morgan fingerprint density at radius 2 is 1.62 bits per heavy atom. The van der Waals surface area contributed by atoms with E-state index in [1.807, 2.05) is 0 Å². The molecule has 0 radical (unpaired) electrons. The van der Waals surface area contributed by atoms with Gasteiger partial charge in [0.15, 0.2) is 10.8 Å². The molecule has 1 aliphatic carbocycles. The maximum Gasteiger partial charge on any atom is 0.416 e. The molecule has 0 amide bonds. The van der Waals surface area contributed by atoms with Crippen molar-refractivity contribution in [2.45, 2.75) is 18.5 Å². The molecule has 4 nitrogen and oxygen atoms in total. The molecule has 118 valence electrons. The fraction of sp³-hybridized carbons (Fsp3) is 0.294. The minimum absolute atomic E-state index is 0.0544. The number of hydrogen-bond donors (Lipinski definition) is 0. The lowest BCUT2D eigenvalue weighted by Gasteiger charge is -2.38. The minimum Gasteiger partial charge on any atom is -0.196 e. The number of halogens is 3. The van der Waals surface area contributed by atoms with Crippen LogP contribution in [0, 0.1) is 56.2 Å². The third-order valence-corrected chi connectivity index (χ3v) is 4.20. The molecular formula is C17H9F3N4. The van der Waals surface area contributed by atoms with Gasteiger partial charge in [0.25, 0.3) is 0 Å². The molecule has 1 aromatic rings. The zero-order valence-electron chi connectivity index (χ0n) is 12.2. The highest BCUT2D eigenvalue weighted by atomic mass is 19.4. The number of hydrogen-bond acceptors (Lipinski definition) is 4. The van der Waals surface area contributed by atoms with E-state index in [1.165, 1.54) is 24.3 Å². The van der Waals surface area contributed by atoms with Crippen LogP contribution in [0.5, 0.6) is 0 Å². The average Bonchev–Trinajstić information content (AvgIpc) is 2.60. The first kappa shape index (κ1) is 17.1. The summed E-state index contributed by atoms with van der Waals surface area (Å²) < 4.78 is 38.8. The van der Waals surface area contributed by atoms with Crippen LogP contribution in [0.25, 0.3) is 0 Å². The Balaban J connectivity index is 2.71. The van der Waals surface area contributed by atoms with Crippen LogP contribution in [0.2, 0.25) is 0 Å². The largest absolute Gasteiger partial charge is 0.416 e. The van der Waals surface area contributed by atoms with Crippen LogP contribution in [-0.4, -0.2) is 0 Å². The van der Waals surface area contributed by atoms with Crippen molar-refractivity contribution < 1.29 is 13.2 Å². The van der Waals surface area contributed by atoms with Gasteiger partial charge in [0.05, 0.1) is 29.8 Å². The van der Waals surface area contributed by atoms with Gasteiger partial charge in [-0.2, -0.15) is 34.2 Å². The first-order chi connectivity index (χ1) is 11.3. The van der Waals surface area contributed by atoms with Crippen molar-refractivity contribution in [1.82, 2.24) is 0 Å². The van der Waals surface area contributed by atoms with Crippen molar-refractivity contribution in [1.29, 1.82) is 21.0 Å². The number of rotatable bonds is 1. The molecule has 24 heavy (non-hydrogen) atoms. The summed E-state index contributed by atoms with van der Waals surface area (Å²) in [5, 5.41) is 37.9. The maximum atomic E-state index is 12.9. The molecule has 0 aromatic heterocycles. The van der Waals surface area contributed by atoms with Crippen molar-refractivity contribution in [2.24, 2.45) is 10.8 Å². The number of nitriles is 4. The standard InChI is InChI=1S/C17H9F3N4/c18-17(19,20)13-4-1-3-12(7-13)14-5-2-6-15(8-21,9-22)16(14,10-23)11-24/h1-5,7,14H,6H2. The van der Waals surface area contributed by atoms with Crippen LogP contribution in [0.4, 0.5) is 13.2 Å². The van der Waals surface area contributed by atoms with Crippen LogP contribution in [0.1, 0.15) is 23.5 Å². The Morgan fingerprint density at radius 1 is 1.00 bits per heavy atom. The Kier molecular flexibility index (Phi) is 4.07. The van der Waals surface area contributed by atoms with E-state index in [0.29, 0.717) is 0 Å². The van der Waals surface area contributed by atoms with E-state index in [2.05, 4.69) is 0 Å². The number of allylic oxidation sites excluding steroid dienone is 2. The van der Waals surface area contributed by atoms with E-state index in [4.69, 9.17) is 0 Å². The van der Waals surface area contributed by atoms with Gasteiger partial charge in [0.1, 0.15) is 0 Å². The van der Waals surface area contributed by atoms with E-state index in [0.717, 1.165) is 12.1 Å². The number of alkyl halides is 3. The zero-order chi connectivity index (χ0) is 18.0. The molecule has 0 N–H and O–H groups in total. The fourth-order valence-corrected chi connectivity index (χ4v) is 2.87. The smallest absolute Gasteiger partial charge is 0.196 e. The molecule has 2 rings (SSSR count). The molecule has 1 atom stereocenters. The highest BCUT2D eigenvalue weighted by Crippen LogP contribution is 2.54. The van der Waals surface area contributed by atoms with Crippen molar-refractivity contribution >= 4 is 0 Å². The summed E-state index contributed by atoms with van der Waals surface area (Å²) in [6, 6.07) is 11.1. The fourth-order valence-electron chi connectivity index (χ4n) is 2.87. The second-order valence-electron chi connectivity index (χ2n) is 5.39. The Morgan fingerprint density at radius 3 is 2.12 bits per heavy atom. The van der Waals surface area contributed by atoms with Crippen molar-refractivity contribution in [3.05, 3.63) is 47.5 Å². The molecule has 7 heteroatoms. The van der Waals surface area contributed by atoms with Gasteiger partial charge in [-0.05, 0) is 18.1 Å².